The Morgan fingerprint density at radius 1 is 1.41 bits per heavy atom. The van der Waals surface area contributed by atoms with Gasteiger partial charge < -0.3 is 14.2 Å². The zero-order chi connectivity index (χ0) is 12.1. The minimum absolute atomic E-state index is 0.0808. The van der Waals surface area contributed by atoms with Gasteiger partial charge in [-0.2, -0.15) is 0 Å². The van der Waals surface area contributed by atoms with Gasteiger partial charge in [0.1, 0.15) is 6.61 Å². The van der Waals surface area contributed by atoms with Crippen molar-refractivity contribution in [3.63, 3.8) is 0 Å². The van der Waals surface area contributed by atoms with Gasteiger partial charge >= 0.3 is 5.97 Å². The molecule has 1 saturated heterocycles. The van der Waals surface area contributed by atoms with Crippen molar-refractivity contribution in [1.29, 1.82) is 0 Å². The van der Waals surface area contributed by atoms with Crippen molar-refractivity contribution in [2.75, 3.05) is 19.9 Å². The van der Waals surface area contributed by atoms with E-state index in [1.807, 2.05) is 0 Å². The summed E-state index contributed by atoms with van der Waals surface area (Å²) < 4.78 is 15.3. The van der Waals surface area contributed by atoms with E-state index in [0.717, 1.165) is 5.92 Å². The molecule has 2 rings (SSSR count). The maximum absolute atomic E-state index is 11.0. The lowest BCUT2D eigenvalue weighted by Gasteiger charge is -2.18. The van der Waals surface area contributed by atoms with Gasteiger partial charge in [0.15, 0.2) is 0 Å². The average molecular weight is 258 g/mol. The van der Waals surface area contributed by atoms with Crippen molar-refractivity contribution in [3.8, 4) is 0 Å². The molecule has 1 aliphatic heterocycles. The van der Waals surface area contributed by atoms with Crippen LogP contribution in [0.1, 0.15) is 25.7 Å². The summed E-state index contributed by atoms with van der Waals surface area (Å²) in [5.74, 6) is 0.632. The first-order chi connectivity index (χ1) is 8.29. The molecule has 4 nitrogen and oxygen atoms in total. The van der Waals surface area contributed by atoms with Crippen LogP contribution in [0.15, 0.2) is 0 Å². The number of rotatable bonds is 7. The summed E-state index contributed by atoms with van der Waals surface area (Å²) in [6.07, 6.45) is 7.03. The quantitative estimate of drug-likeness (QED) is 0.292. The molecule has 1 heterocycles. The maximum Gasteiger partial charge on any atom is 0.331 e. The number of esters is 1. The van der Waals surface area contributed by atoms with E-state index in [1.165, 1.54) is 38.8 Å². The first-order valence-corrected chi connectivity index (χ1v) is 8.59. The molecule has 17 heavy (non-hydrogen) atoms. The van der Waals surface area contributed by atoms with Gasteiger partial charge in [0.05, 0.1) is 28.0 Å². The topological polar surface area (TPSA) is 48.1 Å². The van der Waals surface area contributed by atoms with Gasteiger partial charge in [-0.25, -0.2) is 4.79 Å². The highest BCUT2D eigenvalue weighted by Gasteiger charge is 2.43. The van der Waals surface area contributed by atoms with Gasteiger partial charge in [-0.05, 0) is 25.2 Å². The summed E-state index contributed by atoms with van der Waals surface area (Å²) in [7, 11) is 1.27. The van der Waals surface area contributed by atoms with Gasteiger partial charge in [0.2, 0.25) is 0 Å². The van der Waals surface area contributed by atoms with Gasteiger partial charge in [-0.1, -0.05) is 12.5 Å². The van der Waals surface area contributed by atoms with Gasteiger partial charge in [0.25, 0.3) is 0 Å². The normalized spacial score (nSPS) is 31.5. The highest BCUT2D eigenvalue weighted by molar-refractivity contribution is 6.35. The molecular formula is C12H22O4Si. The largest absolute Gasteiger partial charge is 0.468 e. The van der Waals surface area contributed by atoms with Crippen LogP contribution in [0.25, 0.3) is 0 Å². The van der Waals surface area contributed by atoms with Crippen molar-refractivity contribution in [2.24, 2.45) is 5.92 Å². The average Bonchev–Trinajstić information content (AvgIpc) is 3.07. The number of fused-ring (bicyclic) bond motifs is 1. The molecular weight excluding hydrogens is 236 g/mol. The van der Waals surface area contributed by atoms with E-state index in [2.05, 4.69) is 0 Å². The van der Waals surface area contributed by atoms with E-state index in [-0.39, 0.29) is 22.1 Å². The van der Waals surface area contributed by atoms with Crippen LogP contribution in [-0.4, -0.2) is 47.6 Å². The molecule has 0 aromatic rings. The summed E-state index contributed by atoms with van der Waals surface area (Å²) in [5.41, 5.74) is 0. The molecule has 0 aromatic carbocycles. The van der Waals surface area contributed by atoms with Gasteiger partial charge in [-0.3, -0.25) is 0 Å². The number of ether oxygens (including phenoxy) is 3. The minimum Gasteiger partial charge on any atom is -0.468 e. The predicted octanol–water partition coefficient (Wildman–Crippen LogP) is 0.678. The van der Waals surface area contributed by atoms with Crippen LogP contribution in [0.5, 0.6) is 0 Å². The van der Waals surface area contributed by atoms with E-state index < -0.39 is 0 Å². The second kappa shape index (κ2) is 6.52. The van der Waals surface area contributed by atoms with Crippen LogP contribution >= 0.6 is 0 Å². The first-order valence-electron chi connectivity index (χ1n) is 6.59. The molecule has 0 spiro atoms. The molecule has 0 bridgehead atoms. The minimum atomic E-state index is -0.236. The third-order valence-electron chi connectivity index (χ3n) is 3.64. The number of carbonyl (C=O) groups is 1. The molecule has 0 amide bonds. The molecule has 1 aliphatic carbocycles. The monoisotopic (exact) mass is 258 g/mol. The molecule has 2 fully saturated rings. The summed E-state index contributed by atoms with van der Waals surface area (Å²) in [6.45, 7) is 0.0808. The zero-order valence-corrected chi connectivity index (χ0v) is 11.9. The van der Waals surface area contributed by atoms with Crippen molar-refractivity contribution in [1.82, 2.24) is 0 Å². The number of hydrogen-bond acceptors (Lipinski definition) is 4. The molecule has 3 atom stereocenters. The van der Waals surface area contributed by atoms with E-state index in [1.54, 1.807) is 0 Å². The van der Waals surface area contributed by atoms with Crippen molar-refractivity contribution < 1.29 is 19.0 Å². The van der Waals surface area contributed by atoms with Crippen molar-refractivity contribution in [3.05, 3.63) is 0 Å². The highest BCUT2D eigenvalue weighted by atomic mass is 28.2. The molecule has 0 N–H and O–H groups in total. The second-order valence-corrected chi connectivity index (χ2v) is 6.86. The molecule has 0 radical (unpaired) electrons. The fraction of sp³-hybridized carbons (Fsp3) is 0.917. The lowest BCUT2D eigenvalue weighted by molar-refractivity contribution is -0.145. The molecule has 98 valence electrons. The van der Waals surface area contributed by atoms with Crippen LogP contribution in [0.4, 0.5) is 0 Å². The van der Waals surface area contributed by atoms with E-state index in [0.29, 0.717) is 18.4 Å². The van der Waals surface area contributed by atoms with Gasteiger partial charge in [0, 0.05) is 7.11 Å². The highest BCUT2D eigenvalue weighted by Crippen LogP contribution is 2.40. The van der Waals surface area contributed by atoms with E-state index >= 15 is 0 Å². The van der Waals surface area contributed by atoms with Crippen LogP contribution < -0.4 is 0 Å². The van der Waals surface area contributed by atoms with Crippen LogP contribution in [0.2, 0.25) is 6.04 Å². The van der Waals surface area contributed by atoms with Crippen LogP contribution in [0.3, 0.4) is 0 Å². The standard InChI is InChI=1S/C12H22O4Si/c1-14-7-12(13)15-8-17-5-4-9-2-3-10-11(6-9)16-10/h9-11H,2-8,17H2,1H3. The van der Waals surface area contributed by atoms with E-state index in [9.17, 15) is 4.79 Å². The summed E-state index contributed by atoms with van der Waals surface area (Å²) in [4.78, 5) is 11.0. The maximum atomic E-state index is 11.0. The third-order valence-corrected chi connectivity index (χ3v) is 5.05. The number of methoxy groups -OCH3 is 1. The number of carbonyl (C=O) groups excluding carboxylic acids is 1. The summed E-state index contributed by atoms with van der Waals surface area (Å²) >= 11 is 0. The Bertz CT molecular complexity index is 259. The summed E-state index contributed by atoms with van der Waals surface area (Å²) in [5, 5.41) is 0. The zero-order valence-electron chi connectivity index (χ0n) is 10.5. The molecule has 2 aliphatic rings. The lowest BCUT2D eigenvalue weighted by Crippen LogP contribution is -2.17. The fourth-order valence-electron chi connectivity index (χ4n) is 2.63. The molecule has 1 saturated carbocycles. The Kier molecular flexibility index (Phi) is 5.00. The fourth-order valence-corrected chi connectivity index (χ4v) is 4.07. The second-order valence-electron chi connectivity index (χ2n) is 5.04. The summed E-state index contributed by atoms with van der Waals surface area (Å²) in [6, 6.07) is 1.28. The Labute approximate surface area is 105 Å². The van der Waals surface area contributed by atoms with Crippen molar-refractivity contribution >= 4 is 15.5 Å². The van der Waals surface area contributed by atoms with Crippen molar-refractivity contribution in [2.45, 2.75) is 43.9 Å². The Morgan fingerprint density at radius 2 is 2.29 bits per heavy atom. The Hall–Kier alpha value is -0.393. The lowest BCUT2D eigenvalue weighted by atomic mass is 9.88. The first kappa shape index (κ1) is 13.0. The van der Waals surface area contributed by atoms with Crippen LogP contribution in [0, 0.1) is 5.92 Å². The SMILES string of the molecule is COCC(=O)OC[SiH2]CCC1CCC2OC2C1. The smallest absolute Gasteiger partial charge is 0.331 e. The predicted molar refractivity (Wildman–Crippen MR) is 66.8 cm³/mol. The molecule has 3 unspecified atom stereocenters. The van der Waals surface area contributed by atoms with Gasteiger partial charge in [-0.15, -0.1) is 0 Å². The third kappa shape index (κ3) is 4.41. The molecule has 0 aromatic heterocycles. The Morgan fingerprint density at radius 3 is 3.06 bits per heavy atom. The number of hydrogen-bond donors (Lipinski definition) is 0. The Balaban J connectivity index is 1.44. The number of epoxide rings is 1. The van der Waals surface area contributed by atoms with Crippen LogP contribution in [-0.2, 0) is 19.0 Å². The van der Waals surface area contributed by atoms with E-state index in [4.69, 9.17) is 14.2 Å². The molecule has 5 heteroatoms.